The van der Waals surface area contributed by atoms with Crippen molar-refractivity contribution in [1.29, 1.82) is 0 Å². The molecule has 3 aromatic heterocycles. The smallest absolute Gasteiger partial charge is 0.297 e. The van der Waals surface area contributed by atoms with Crippen LogP contribution in [0.1, 0.15) is 75.7 Å². The molecule has 0 spiro atoms. The molecule has 1 atom stereocenters. The number of benzene rings is 1. The molecule has 5 rings (SSSR count). The lowest BCUT2D eigenvalue weighted by molar-refractivity contribution is -0.122. The third-order valence-electron chi connectivity index (χ3n) is 7.20. The molecule has 9 heteroatoms. The summed E-state index contributed by atoms with van der Waals surface area (Å²) in [4.78, 5) is 31.2. The minimum absolute atomic E-state index is 0.113. The Bertz CT molecular complexity index is 1390. The van der Waals surface area contributed by atoms with Gasteiger partial charge in [-0.25, -0.2) is 4.79 Å². The number of rotatable bonds is 8. The molecule has 0 radical (unpaired) electrons. The lowest BCUT2D eigenvalue weighted by Gasteiger charge is -2.19. The van der Waals surface area contributed by atoms with Crippen molar-refractivity contribution in [2.45, 2.75) is 77.3 Å². The van der Waals surface area contributed by atoms with Crippen LogP contribution in [-0.2, 0) is 17.8 Å². The zero-order valence-electron chi connectivity index (χ0n) is 21.3. The quantitative estimate of drug-likeness (QED) is 0.375. The molecule has 1 N–H and O–H groups in total. The second-order valence-electron chi connectivity index (χ2n) is 9.75. The monoisotopic (exact) mass is 499 g/mol. The summed E-state index contributed by atoms with van der Waals surface area (Å²) in [7, 11) is 0. The number of carbonyl (C=O) groups is 1. The molecule has 37 heavy (non-hydrogen) atoms. The molecule has 192 valence electrons. The number of pyridine rings is 1. The van der Waals surface area contributed by atoms with Gasteiger partial charge in [0.1, 0.15) is 0 Å². The second kappa shape index (κ2) is 11.5. The van der Waals surface area contributed by atoms with E-state index in [0.717, 1.165) is 79.4 Å². The van der Waals surface area contributed by atoms with Gasteiger partial charge in [-0.2, -0.15) is 5.21 Å². The molecule has 0 amide bonds. The normalized spacial score (nSPS) is 16.5. The highest BCUT2D eigenvalue weighted by molar-refractivity contribution is 5.82. The Balaban J connectivity index is 1.43. The summed E-state index contributed by atoms with van der Waals surface area (Å²) < 4.78 is 3.51. The number of unbranched alkanes of at least 4 members (excludes halogenated alkanes) is 1. The van der Waals surface area contributed by atoms with Crippen LogP contribution in [0.3, 0.4) is 0 Å². The van der Waals surface area contributed by atoms with Crippen LogP contribution < -0.4 is 5.69 Å². The number of ketones is 1. The summed E-state index contributed by atoms with van der Waals surface area (Å²) >= 11 is 0. The fourth-order valence-electron chi connectivity index (χ4n) is 5.15. The van der Waals surface area contributed by atoms with Gasteiger partial charge >= 0.3 is 5.69 Å². The number of H-pyrrole nitrogens is 1. The number of hydrogen-bond acceptors (Lipinski definition) is 6. The van der Waals surface area contributed by atoms with Gasteiger partial charge in [-0.05, 0) is 42.5 Å². The highest BCUT2D eigenvalue weighted by Crippen LogP contribution is 2.29. The Morgan fingerprint density at radius 2 is 1.86 bits per heavy atom. The van der Waals surface area contributed by atoms with E-state index in [0.29, 0.717) is 18.8 Å². The fraction of sp³-hybridized carbons (Fsp3) is 0.429. The molecule has 4 aromatic rings. The van der Waals surface area contributed by atoms with Crippen LogP contribution in [0.15, 0.2) is 53.6 Å². The number of carbonyl (C=O) groups excluding carboxylic acids is 1. The number of imidazole rings is 1. The molecule has 1 saturated carbocycles. The molecule has 3 heterocycles. The summed E-state index contributed by atoms with van der Waals surface area (Å²) in [5.41, 5.74) is 4.40. The minimum atomic E-state index is -0.355. The topological polar surface area (TPSA) is 111 Å². The molecular weight excluding hydrogens is 466 g/mol. The van der Waals surface area contributed by atoms with Crippen LogP contribution in [0.5, 0.6) is 0 Å². The van der Waals surface area contributed by atoms with Crippen molar-refractivity contribution in [2.24, 2.45) is 0 Å². The molecule has 1 aromatic carbocycles. The third-order valence-corrected chi connectivity index (χ3v) is 7.20. The standard InChI is InChI=1S/C28H33N7O2/c1-2-3-10-22-19-35(25-13-6-4-5-7-14-26(25)36)28(37)34(22)18-21-16-15-20(17-29-21)23-11-8-9-12-24(23)27-30-32-33-31-27/h8-9,11-12,15-17,19,25H,2-7,10,13-14,18H2,1H3,(H,30,31,32,33). The summed E-state index contributed by atoms with van der Waals surface area (Å²) in [5.74, 6) is 0.709. The zero-order chi connectivity index (χ0) is 25.6. The predicted octanol–water partition coefficient (Wildman–Crippen LogP) is 4.75. The van der Waals surface area contributed by atoms with Crippen LogP contribution in [0.25, 0.3) is 22.5 Å². The Kier molecular flexibility index (Phi) is 7.67. The van der Waals surface area contributed by atoms with E-state index in [1.165, 1.54) is 0 Å². The summed E-state index contributed by atoms with van der Waals surface area (Å²) in [6, 6.07) is 11.5. The SMILES string of the molecule is CCCCc1cn(C2CCCCCCC2=O)c(=O)n1Cc1ccc(-c2ccccc2-c2nn[nH]n2)cn1. The van der Waals surface area contributed by atoms with Crippen molar-refractivity contribution in [3.8, 4) is 22.5 Å². The van der Waals surface area contributed by atoms with Crippen LogP contribution >= 0.6 is 0 Å². The van der Waals surface area contributed by atoms with Gasteiger partial charge in [-0.15, -0.1) is 10.2 Å². The highest BCUT2D eigenvalue weighted by atomic mass is 16.2. The number of hydrogen-bond donors (Lipinski definition) is 1. The van der Waals surface area contributed by atoms with Crippen molar-refractivity contribution in [3.63, 3.8) is 0 Å². The van der Waals surface area contributed by atoms with E-state index >= 15 is 0 Å². The van der Waals surface area contributed by atoms with Crippen molar-refractivity contribution in [1.82, 2.24) is 34.7 Å². The second-order valence-corrected chi connectivity index (χ2v) is 9.75. The van der Waals surface area contributed by atoms with E-state index in [1.807, 2.05) is 48.8 Å². The van der Waals surface area contributed by atoms with Crippen LogP contribution in [0.4, 0.5) is 0 Å². The van der Waals surface area contributed by atoms with Gasteiger partial charge in [-0.3, -0.25) is 18.9 Å². The predicted molar refractivity (Wildman–Crippen MR) is 141 cm³/mol. The van der Waals surface area contributed by atoms with Crippen LogP contribution in [-0.4, -0.2) is 40.5 Å². The van der Waals surface area contributed by atoms with E-state index in [2.05, 4.69) is 27.5 Å². The van der Waals surface area contributed by atoms with Crippen molar-refractivity contribution < 1.29 is 4.79 Å². The number of nitrogens with one attached hydrogen (secondary N) is 1. The molecule has 0 saturated heterocycles. The maximum absolute atomic E-state index is 13.6. The van der Waals surface area contributed by atoms with Gasteiger partial charge in [0.25, 0.3) is 0 Å². The molecule has 1 fully saturated rings. The molecule has 0 bridgehead atoms. The lowest BCUT2D eigenvalue weighted by Crippen LogP contribution is -2.32. The highest BCUT2D eigenvalue weighted by Gasteiger charge is 2.25. The third kappa shape index (κ3) is 5.45. The number of aromatic nitrogens is 7. The summed E-state index contributed by atoms with van der Waals surface area (Å²) in [5, 5.41) is 14.4. The number of aromatic amines is 1. The molecule has 1 aliphatic carbocycles. The number of Topliss-reactive ketones (excluding diaryl/α,β-unsaturated/α-hetero) is 1. The minimum Gasteiger partial charge on any atom is -0.297 e. The van der Waals surface area contributed by atoms with Gasteiger partial charge in [0.2, 0.25) is 5.82 Å². The molecule has 1 unspecified atom stereocenters. The van der Waals surface area contributed by atoms with Crippen molar-refractivity contribution in [2.75, 3.05) is 0 Å². The molecule has 1 aliphatic rings. The lowest BCUT2D eigenvalue weighted by atomic mass is 9.95. The average molecular weight is 500 g/mol. The van der Waals surface area contributed by atoms with Crippen molar-refractivity contribution in [3.05, 3.63) is 70.7 Å². The Morgan fingerprint density at radius 1 is 1.03 bits per heavy atom. The first-order valence-electron chi connectivity index (χ1n) is 13.3. The number of tetrazole rings is 1. The Morgan fingerprint density at radius 3 is 2.62 bits per heavy atom. The largest absolute Gasteiger partial charge is 0.329 e. The van der Waals surface area contributed by atoms with Gasteiger partial charge in [0.05, 0.1) is 18.3 Å². The average Bonchev–Trinajstić information content (AvgIpc) is 3.55. The maximum Gasteiger partial charge on any atom is 0.329 e. The first kappa shape index (κ1) is 24.8. The molecule has 0 aliphatic heterocycles. The first-order chi connectivity index (χ1) is 18.2. The fourth-order valence-corrected chi connectivity index (χ4v) is 5.15. The van der Waals surface area contributed by atoms with Crippen LogP contribution in [0.2, 0.25) is 0 Å². The maximum atomic E-state index is 13.6. The van der Waals surface area contributed by atoms with Crippen molar-refractivity contribution >= 4 is 5.78 Å². The van der Waals surface area contributed by atoms with Gasteiger partial charge in [0.15, 0.2) is 5.78 Å². The number of nitrogens with zero attached hydrogens (tertiary/aromatic N) is 6. The van der Waals surface area contributed by atoms with Gasteiger partial charge in [-0.1, -0.05) is 62.9 Å². The van der Waals surface area contributed by atoms with E-state index in [4.69, 9.17) is 4.98 Å². The van der Waals surface area contributed by atoms with E-state index in [9.17, 15) is 9.59 Å². The Hall–Kier alpha value is -3.88. The summed E-state index contributed by atoms with van der Waals surface area (Å²) in [6.07, 6.45) is 12.0. The van der Waals surface area contributed by atoms with Gasteiger partial charge in [0, 0.05) is 35.6 Å². The van der Waals surface area contributed by atoms with E-state index in [1.54, 1.807) is 9.13 Å². The first-order valence-corrected chi connectivity index (χ1v) is 13.3. The van der Waals surface area contributed by atoms with E-state index < -0.39 is 0 Å². The zero-order valence-corrected chi connectivity index (χ0v) is 21.3. The summed E-state index contributed by atoms with van der Waals surface area (Å²) in [6.45, 7) is 2.52. The van der Waals surface area contributed by atoms with Crippen LogP contribution in [0, 0.1) is 0 Å². The number of aryl methyl sites for hydroxylation is 1. The Labute approximate surface area is 216 Å². The van der Waals surface area contributed by atoms with Gasteiger partial charge < -0.3 is 0 Å². The van der Waals surface area contributed by atoms with E-state index in [-0.39, 0.29) is 17.5 Å². The molecular formula is C28H33N7O2. The molecule has 9 nitrogen and oxygen atoms in total.